The minimum atomic E-state index is -0.131. The van der Waals surface area contributed by atoms with Crippen molar-refractivity contribution in [2.24, 2.45) is 0 Å². The lowest BCUT2D eigenvalue weighted by molar-refractivity contribution is 0.0990. The second-order valence-electron chi connectivity index (χ2n) is 3.94. The standard InChI is InChI=1S/C15H11BrO2/c1-10(17)14-9-12(16)7-8-13(14)15(18)11-5-3-2-4-6-11/h2-9H,1H3. The predicted octanol–water partition coefficient (Wildman–Crippen LogP) is 3.88. The molecule has 0 unspecified atom stereocenters. The summed E-state index contributed by atoms with van der Waals surface area (Å²) in [7, 11) is 0. The number of benzene rings is 2. The lowest BCUT2D eigenvalue weighted by atomic mass is 9.96. The molecule has 0 atom stereocenters. The summed E-state index contributed by atoms with van der Waals surface area (Å²) < 4.78 is 0.789. The van der Waals surface area contributed by atoms with Crippen molar-refractivity contribution in [1.82, 2.24) is 0 Å². The van der Waals surface area contributed by atoms with E-state index < -0.39 is 0 Å². The van der Waals surface area contributed by atoms with Gasteiger partial charge in [0.15, 0.2) is 11.6 Å². The van der Waals surface area contributed by atoms with E-state index in [0.717, 1.165) is 4.47 Å². The Bertz CT molecular complexity index is 603. The molecule has 18 heavy (non-hydrogen) atoms. The first-order valence-electron chi connectivity index (χ1n) is 5.50. The summed E-state index contributed by atoms with van der Waals surface area (Å²) in [6.07, 6.45) is 0. The predicted molar refractivity (Wildman–Crippen MR) is 74.0 cm³/mol. The van der Waals surface area contributed by atoms with Gasteiger partial charge in [-0.2, -0.15) is 0 Å². The maximum Gasteiger partial charge on any atom is 0.193 e. The van der Waals surface area contributed by atoms with Gasteiger partial charge in [0.1, 0.15) is 0 Å². The van der Waals surface area contributed by atoms with Gasteiger partial charge >= 0.3 is 0 Å². The van der Waals surface area contributed by atoms with E-state index in [2.05, 4.69) is 15.9 Å². The third kappa shape index (κ3) is 2.57. The molecule has 0 heterocycles. The van der Waals surface area contributed by atoms with Crippen molar-refractivity contribution in [3.63, 3.8) is 0 Å². The smallest absolute Gasteiger partial charge is 0.193 e. The van der Waals surface area contributed by atoms with Crippen molar-refractivity contribution in [3.05, 3.63) is 69.7 Å². The fourth-order valence-corrected chi connectivity index (χ4v) is 2.11. The minimum absolute atomic E-state index is 0.115. The third-order valence-corrected chi connectivity index (χ3v) is 3.13. The van der Waals surface area contributed by atoms with Crippen LogP contribution in [0, 0.1) is 0 Å². The van der Waals surface area contributed by atoms with Gasteiger partial charge < -0.3 is 0 Å². The number of hydrogen-bond acceptors (Lipinski definition) is 2. The monoisotopic (exact) mass is 302 g/mol. The lowest BCUT2D eigenvalue weighted by Crippen LogP contribution is -2.08. The highest BCUT2D eigenvalue weighted by molar-refractivity contribution is 9.10. The first-order valence-corrected chi connectivity index (χ1v) is 6.29. The Morgan fingerprint density at radius 3 is 2.22 bits per heavy atom. The third-order valence-electron chi connectivity index (χ3n) is 2.64. The van der Waals surface area contributed by atoms with Crippen LogP contribution in [-0.4, -0.2) is 11.6 Å². The van der Waals surface area contributed by atoms with Crippen molar-refractivity contribution >= 4 is 27.5 Å². The highest BCUT2D eigenvalue weighted by Gasteiger charge is 2.16. The molecule has 0 aliphatic carbocycles. The van der Waals surface area contributed by atoms with Crippen LogP contribution in [0.5, 0.6) is 0 Å². The molecular formula is C15H11BrO2. The zero-order chi connectivity index (χ0) is 13.1. The molecule has 0 bridgehead atoms. The summed E-state index contributed by atoms with van der Waals surface area (Å²) in [6, 6.07) is 14.1. The van der Waals surface area contributed by atoms with Crippen LogP contribution in [-0.2, 0) is 0 Å². The van der Waals surface area contributed by atoms with Crippen molar-refractivity contribution in [2.45, 2.75) is 6.92 Å². The number of ketones is 2. The van der Waals surface area contributed by atoms with Gasteiger partial charge in [0, 0.05) is 21.2 Å². The average Bonchev–Trinajstić information content (AvgIpc) is 2.39. The molecule has 0 spiro atoms. The van der Waals surface area contributed by atoms with Crippen LogP contribution in [0.4, 0.5) is 0 Å². The average molecular weight is 303 g/mol. The Labute approximate surface area is 114 Å². The van der Waals surface area contributed by atoms with E-state index in [1.54, 1.807) is 42.5 Å². The molecule has 0 fully saturated rings. The van der Waals surface area contributed by atoms with Gasteiger partial charge in [0.2, 0.25) is 0 Å². The van der Waals surface area contributed by atoms with Gasteiger partial charge in [-0.25, -0.2) is 0 Å². The van der Waals surface area contributed by atoms with Crippen molar-refractivity contribution in [2.75, 3.05) is 0 Å². The van der Waals surface area contributed by atoms with Gasteiger partial charge in [-0.05, 0) is 25.1 Å². The maximum atomic E-state index is 12.3. The van der Waals surface area contributed by atoms with Gasteiger partial charge in [-0.3, -0.25) is 9.59 Å². The zero-order valence-corrected chi connectivity index (χ0v) is 11.4. The van der Waals surface area contributed by atoms with Crippen LogP contribution in [0.25, 0.3) is 0 Å². The molecule has 2 nitrogen and oxygen atoms in total. The van der Waals surface area contributed by atoms with Crippen LogP contribution < -0.4 is 0 Å². The summed E-state index contributed by atoms with van der Waals surface area (Å²) in [4.78, 5) is 23.9. The fraction of sp³-hybridized carbons (Fsp3) is 0.0667. The summed E-state index contributed by atoms with van der Waals surface area (Å²) in [6.45, 7) is 1.46. The first-order chi connectivity index (χ1) is 8.59. The van der Waals surface area contributed by atoms with Gasteiger partial charge in [-0.15, -0.1) is 0 Å². The molecule has 0 saturated carbocycles. The molecule has 90 valence electrons. The number of hydrogen-bond donors (Lipinski definition) is 0. The number of rotatable bonds is 3. The van der Waals surface area contributed by atoms with Gasteiger partial charge in [0.05, 0.1) is 0 Å². The maximum absolute atomic E-state index is 12.3. The number of carbonyl (C=O) groups is 2. The minimum Gasteiger partial charge on any atom is -0.294 e. The molecule has 2 aromatic rings. The Hall–Kier alpha value is -1.74. The molecule has 3 heteroatoms. The van der Waals surface area contributed by atoms with Crippen molar-refractivity contribution in [3.8, 4) is 0 Å². The highest BCUT2D eigenvalue weighted by Crippen LogP contribution is 2.20. The van der Waals surface area contributed by atoms with Gasteiger partial charge in [-0.1, -0.05) is 46.3 Å². The molecular weight excluding hydrogens is 292 g/mol. The fourth-order valence-electron chi connectivity index (χ4n) is 1.75. The normalized spacial score (nSPS) is 10.1. The van der Waals surface area contributed by atoms with E-state index in [9.17, 15) is 9.59 Å². The second kappa shape index (κ2) is 5.27. The lowest BCUT2D eigenvalue weighted by Gasteiger charge is -2.06. The number of carbonyl (C=O) groups excluding carboxylic acids is 2. The molecule has 0 amide bonds. The molecule has 0 aliphatic rings. The first kappa shape index (κ1) is 12.7. The number of Topliss-reactive ketones (excluding diaryl/α,β-unsaturated/α-hetero) is 1. The topological polar surface area (TPSA) is 34.1 Å². The molecule has 0 saturated heterocycles. The highest BCUT2D eigenvalue weighted by atomic mass is 79.9. The molecule has 2 rings (SSSR count). The Morgan fingerprint density at radius 1 is 0.944 bits per heavy atom. The molecule has 0 radical (unpaired) electrons. The summed E-state index contributed by atoms with van der Waals surface area (Å²) in [5.41, 5.74) is 1.47. The number of halogens is 1. The van der Waals surface area contributed by atoms with Crippen molar-refractivity contribution < 1.29 is 9.59 Å². The van der Waals surface area contributed by atoms with Crippen LogP contribution in [0.3, 0.4) is 0 Å². The van der Waals surface area contributed by atoms with Crippen LogP contribution >= 0.6 is 15.9 Å². The van der Waals surface area contributed by atoms with E-state index in [1.807, 2.05) is 6.07 Å². The van der Waals surface area contributed by atoms with E-state index in [-0.39, 0.29) is 11.6 Å². The van der Waals surface area contributed by atoms with E-state index in [0.29, 0.717) is 16.7 Å². The Morgan fingerprint density at radius 2 is 1.61 bits per heavy atom. The van der Waals surface area contributed by atoms with Crippen LogP contribution in [0.1, 0.15) is 33.2 Å². The van der Waals surface area contributed by atoms with Crippen molar-refractivity contribution in [1.29, 1.82) is 0 Å². The molecule has 2 aromatic carbocycles. The van der Waals surface area contributed by atoms with E-state index in [4.69, 9.17) is 0 Å². The molecule has 0 aliphatic heterocycles. The largest absolute Gasteiger partial charge is 0.294 e. The van der Waals surface area contributed by atoms with Crippen LogP contribution in [0.2, 0.25) is 0 Å². The summed E-state index contributed by atoms with van der Waals surface area (Å²) >= 11 is 3.31. The Kier molecular flexibility index (Phi) is 3.72. The molecule has 0 N–H and O–H groups in total. The van der Waals surface area contributed by atoms with E-state index >= 15 is 0 Å². The van der Waals surface area contributed by atoms with Crippen LogP contribution in [0.15, 0.2) is 53.0 Å². The Balaban J connectivity index is 2.52. The SMILES string of the molecule is CC(=O)c1cc(Br)ccc1C(=O)c1ccccc1. The zero-order valence-electron chi connectivity index (χ0n) is 9.81. The summed E-state index contributed by atoms with van der Waals surface area (Å²) in [5, 5.41) is 0. The second-order valence-corrected chi connectivity index (χ2v) is 4.86. The van der Waals surface area contributed by atoms with E-state index in [1.165, 1.54) is 6.92 Å². The van der Waals surface area contributed by atoms with Gasteiger partial charge in [0.25, 0.3) is 0 Å². The quantitative estimate of drug-likeness (QED) is 0.806. The molecule has 0 aromatic heterocycles. The summed E-state index contributed by atoms with van der Waals surface area (Å²) in [5.74, 6) is -0.246.